The normalized spacial score (nSPS) is 23.3. The molecule has 1 amide bonds. The second kappa shape index (κ2) is 10.6. The second-order valence-corrected chi connectivity index (χ2v) is 10.0. The van der Waals surface area contributed by atoms with Crippen LogP contribution in [0, 0.1) is 0 Å². The Morgan fingerprint density at radius 3 is 2.82 bits per heavy atom. The minimum Gasteiger partial charge on any atom is -0.493 e. The zero-order chi connectivity index (χ0) is 23.3. The smallest absolute Gasteiger partial charge is 0.234 e. The van der Waals surface area contributed by atoms with E-state index in [0.29, 0.717) is 17.9 Å². The number of ether oxygens (including phenoxy) is 4. The maximum Gasteiger partial charge on any atom is 0.234 e. The Morgan fingerprint density at radius 2 is 2.09 bits per heavy atom. The molecule has 2 atom stereocenters. The van der Waals surface area contributed by atoms with E-state index in [1.807, 2.05) is 23.1 Å². The third-order valence-electron chi connectivity index (χ3n) is 6.72. The summed E-state index contributed by atoms with van der Waals surface area (Å²) in [4.78, 5) is 15.2. The van der Waals surface area contributed by atoms with E-state index in [0.717, 1.165) is 42.7 Å². The summed E-state index contributed by atoms with van der Waals surface area (Å²) in [5, 5.41) is -0.149. The maximum absolute atomic E-state index is 13.2. The van der Waals surface area contributed by atoms with Crippen molar-refractivity contribution in [3.05, 3.63) is 72.1 Å². The molecule has 1 aromatic carbocycles. The highest BCUT2D eigenvalue weighted by molar-refractivity contribution is 8.00. The van der Waals surface area contributed by atoms with Crippen LogP contribution in [0.1, 0.15) is 55.9 Å². The van der Waals surface area contributed by atoms with E-state index in [2.05, 4.69) is 18.2 Å². The van der Waals surface area contributed by atoms with E-state index in [-0.39, 0.29) is 23.4 Å². The Hall–Kier alpha value is -2.80. The van der Waals surface area contributed by atoms with Gasteiger partial charge in [-0.05, 0) is 62.6 Å². The van der Waals surface area contributed by atoms with E-state index in [9.17, 15) is 4.79 Å². The summed E-state index contributed by atoms with van der Waals surface area (Å²) in [6.45, 7) is 0. The van der Waals surface area contributed by atoms with Gasteiger partial charge in [0, 0.05) is 0 Å². The van der Waals surface area contributed by atoms with Gasteiger partial charge in [-0.2, -0.15) is 0 Å². The van der Waals surface area contributed by atoms with Crippen LogP contribution in [0.3, 0.4) is 0 Å². The Morgan fingerprint density at radius 1 is 1.21 bits per heavy atom. The van der Waals surface area contributed by atoms with Gasteiger partial charge in [-0.3, -0.25) is 4.79 Å². The zero-order valence-corrected chi connectivity index (χ0v) is 20.3. The maximum atomic E-state index is 13.2. The van der Waals surface area contributed by atoms with Crippen molar-refractivity contribution >= 4 is 17.7 Å². The number of carbonyl (C=O) groups is 1. The van der Waals surface area contributed by atoms with Crippen LogP contribution in [-0.4, -0.2) is 35.8 Å². The minimum atomic E-state index is -0.253. The summed E-state index contributed by atoms with van der Waals surface area (Å²) >= 11 is 1.64. The fourth-order valence-corrected chi connectivity index (χ4v) is 6.20. The standard InChI is InChI=1S/C27H31NO5S/c1-30-23-12-11-20(16-24(23)33-21-9-5-6-10-21)27-28(26(29)18-34-27)22(25-17-31-13-14-32-25)15-19-7-3-2-4-8-19/h2-3,7,11-14,16-17,21-22,27H,4-6,8-10,15,18H2,1H3. The summed E-state index contributed by atoms with van der Waals surface area (Å²) in [6.07, 6.45) is 18.5. The van der Waals surface area contributed by atoms with Crippen LogP contribution in [-0.2, 0) is 14.3 Å². The lowest BCUT2D eigenvalue weighted by Gasteiger charge is -2.35. The number of benzene rings is 1. The fourth-order valence-electron chi connectivity index (χ4n) is 4.99. The van der Waals surface area contributed by atoms with Gasteiger partial charge >= 0.3 is 0 Å². The lowest BCUT2D eigenvalue weighted by molar-refractivity contribution is -0.130. The topological polar surface area (TPSA) is 57.2 Å². The monoisotopic (exact) mass is 481 g/mol. The van der Waals surface area contributed by atoms with Crippen molar-refractivity contribution in [3.8, 4) is 11.5 Å². The molecule has 1 saturated heterocycles. The van der Waals surface area contributed by atoms with E-state index in [4.69, 9.17) is 18.9 Å². The van der Waals surface area contributed by atoms with Crippen LogP contribution in [0.15, 0.2) is 66.5 Å². The summed E-state index contributed by atoms with van der Waals surface area (Å²) in [7, 11) is 1.67. The third kappa shape index (κ3) is 4.99. The summed E-state index contributed by atoms with van der Waals surface area (Å²) in [5.41, 5.74) is 2.33. The van der Waals surface area contributed by atoms with E-state index >= 15 is 0 Å². The molecule has 5 rings (SSSR count). The van der Waals surface area contributed by atoms with Crippen molar-refractivity contribution in [1.82, 2.24) is 4.90 Å². The average molecular weight is 482 g/mol. The van der Waals surface area contributed by atoms with Crippen LogP contribution in [0.5, 0.6) is 11.5 Å². The highest BCUT2D eigenvalue weighted by Crippen LogP contribution is 2.45. The predicted octanol–water partition coefficient (Wildman–Crippen LogP) is 5.99. The molecule has 1 aromatic rings. The number of carbonyl (C=O) groups excluding carboxylic acids is 1. The van der Waals surface area contributed by atoms with Crippen LogP contribution in [0.25, 0.3) is 0 Å². The lowest BCUT2D eigenvalue weighted by Crippen LogP contribution is -2.40. The van der Waals surface area contributed by atoms with Crippen LogP contribution < -0.4 is 9.47 Å². The number of thioether (sulfide) groups is 1. The van der Waals surface area contributed by atoms with Crippen molar-refractivity contribution in [2.45, 2.75) is 62.5 Å². The number of hydrogen-bond acceptors (Lipinski definition) is 6. The van der Waals surface area contributed by atoms with Crippen LogP contribution >= 0.6 is 11.8 Å². The molecule has 0 bridgehead atoms. The van der Waals surface area contributed by atoms with E-state index in [1.54, 1.807) is 25.1 Å². The summed E-state index contributed by atoms with van der Waals surface area (Å²) in [6, 6.07) is 5.78. The molecule has 2 aliphatic heterocycles. The molecule has 34 heavy (non-hydrogen) atoms. The summed E-state index contributed by atoms with van der Waals surface area (Å²) in [5.74, 6) is 2.65. The molecular formula is C27H31NO5S. The minimum absolute atomic E-state index is 0.0973. The molecule has 2 aliphatic carbocycles. The molecule has 2 unspecified atom stereocenters. The number of hydrogen-bond donors (Lipinski definition) is 0. The highest BCUT2D eigenvalue weighted by Gasteiger charge is 2.41. The molecule has 4 aliphatic rings. The molecule has 180 valence electrons. The Bertz CT molecular complexity index is 1020. The third-order valence-corrected chi connectivity index (χ3v) is 7.94. The first-order valence-electron chi connectivity index (χ1n) is 12.0. The molecule has 1 saturated carbocycles. The Balaban J connectivity index is 1.45. The number of nitrogens with zero attached hydrogens (tertiary/aromatic N) is 1. The molecule has 0 spiro atoms. The fraction of sp³-hybridized carbons (Fsp3) is 0.444. The second-order valence-electron chi connectivity index (χ2n) is 8.96. The van der Waals surface area contributed by atoms with Crippen molar-refractivity contribution < 1.29 is 23.7 Å². The molecule has 7 heteroatoms. The average Bonchev–Trinajstić information content (AvgIpc) is 3.53. The predicted molar refractivity (Wildman–Crippen MR) is 132 cm³/mol. The molecule has 0 aromatic heterocycles. The number of methoxy groups -OCH3 is 1. The highest BCUT2D eigenvalue weighted by atomic mass is 32.2. The molecule has 6 nitrogen and oxygen atoms in total. The SMILES string of the molecule is COc1ccc(C2SCC(=O)N2C(CC2=CC=CCC2)C2=COC=CO2)cc1OC1CCCC1. The van der Waals surface area contributed by atoms with Crippen molar-refractivity contribution in [3.63, 3.8) is 0 Å². The largest absolute Gasteiger partial charge is 0.493 e. The van der Waals surface area contributed by atoms with Gasteiger partial charge < -0.3 is 23.8 Å². The van der Waals surface area contributed by atoms with Gasteiger partial charge in [-0.1, -0.05) is 29.9 Å². The number of amides is 1. The number of allylic oxidation sites excluding steroid dienone is 3. The first-order valence-corrected chi connectivity index (χ1v) is 13.1. The van der Waals surface area contributed by atoms with Gasteiger partial charge in [0.05, 0.1) is 25.0 Å². The van der Waals surface area contributed by atoms with Crippen molar-refractivity contribution in [1.29, 1.82) is 0 Å². The first-order chi connectivity index (χ1) is 16.7. The molecule has 2 heterocycles. The molecule has 0 radical (unpaired) electrons. The molecular weight excluding hydrogens is 450 g/mol. The van der Waals surface area contributed by atoms with E-state index in [1.165, 1.54) is 30.9 Å². The van der Waals surface area contributed by atoms with Crippen molar-refractivity contribution in [2.75, 3.05) is 12.9 Å². The summed E-state index contributed by atoms with van der Waals surface area (Å²) < 4.78 is 23.2. The molecule has 0 N–H and O–H groups in total. The van der Waals surface area contributed by atoms with Crippen molar-refractivity contribution in [2.24, 2.45) is 0 Å². The van der Waals surface area contributed by atoms with Crippen LogP contribution in [0.4, 0.5) is 0 Å². The van der Waals surface area contributed by atoms with Gasteiger partial charge in [0.1, 0.15) is 24.2 Å². The molecule has 2 fully saturated rings. The quantitative estimate of drug-likeness (QED) is 0.455. The van der Waals surface area contributed by atoms with Gasteiger partial charge in [0.25, 0.3) is 0 Å². The van der Waals surface area contributed by atoms with Gasteiger partial charge in [0.2, 0.25) is 5.91 Å². The van der Waals surface area contributed by atoms with Crippen LogP contribution in [0.2, 0.25) is 0 Å². The van der Waals surface area contributed by atoms with Gasteiger partial charge in [0.15, 0.2) is 17.3 Å². The lowest BCUT2D eigenvalue weighted by atomic mass is 9.95. The van der Waals surface area contributed by atoms with E-state index < -0.39 is 0 Å². The Kier molecular flexibility index (Phi) is 7.19. The zero-order valence-electron chi connectivity index (χ0n) is 19.5. The van der Waals surface area contributed by atoms with Gasteiger partial charge in [-0.15, -0.1) is 11.8 Å². The van der Waals surface area contributed by atoms with Gasteiger partial charge in [-0.25, -0.2) is 0 Å². The first kappa shape index (κ1) is 23.0. The number of rotatable bonds is 8. The Labute approximate surface area is 205 Å².